The van der Waals surface area contributed by atoms with E-state index in [-0.39, 0.29) is 30.2 Å². The van der Waals surface area contributed by atoms with Gasteiger partial charge in [0.05, 0.1) is 12.8 Å². The zero-order chi connectivity index (χ0) is 32.8. The number of hydrogen-bond acceptors (Lipinski definition) is 6. The first kappa shape index (κ1) is 33.3. The minimum atomic E-state index is -0.500. The lowest BCUT2D eigenvalue weighted by Gasteiger charge is -2.26. The number of carbonyl (C=O) groups excluding carboxylic acids is 2. The molecule has 0 N–H and O–H groups in total. The minimum Gasteiger partial charge on any atom is -0.460 e. The van der Waals surface area contributed by atoms with Gasteiger partial charge in [-0.25, -0.2) is 0 Å². The smallest absolute Gasteiger partial charge is 0.310 e. The van der Waals surface area contributed by atoms with E-state index in [1.54, 1.807) is 0 Å². The van der Waals surface area contributed by atoms with E-state index in [0.29, 0.717) is 11.5 Å². The van der Waals surface area contributed by atoms with Crippen LogP contribution in [0.3, 0.4) is 0 Å². The van der Waals surface area contributed by atoms with Crippen LogP contribution in [0.2, 0.25) is 0 Å². The highest BCUT2D eigenvalue weighted by Gasteiger charge is 2.23. The molecule has 0 saturated heterocycles. The first-order chi connectivity index (χ1) is 21.1. The number of carbonyl (C=O) groups is 2. The lowest BCUT2D eigenvalue weighted by atomic mass is 9.78. The highest BCUT2D eigenvalue weighted by atomic mass is 16.6. The molecule has 6 nitrogen and oxygen atoms in total. The average molecular weight is 609 g/mol. The summed E-state index contributed by atoms with van der Waals surface area (Å²) >= 11 is 0. The summed E-state index contributed by atoms with van der Waals surface area (Å²) in [6.07, 6.45) is 0.442. The van der Waals surface area contributed by atoms with Crippen molar-refractivity contribution in [3.05, 3.63) is 119 Å². The van der Waals surface area contributed by atoms with Crippen LogP contribution in [0.15, 0.2) is 97.1 Å². The molecule has 0 spiro atoms. The molecule has 6 heteroatoms. The normalized spacial score (nSPS) is 11.9. The third-order valence-corrected chi connectivity index (χ3v) is 7.01. The molecular weight excluding hydrogens is 564 g/mol. The van der Waals surface area contributed by atoms with E-state index < -0.39 is 11.2 Å². The summed E-state index contributed by atoms with van der Waals surface area (Å²) in [6.45, 7) is 15.5. The van der Waals surface area contributed by atoms with E-state index in [0.717, 1.165) is 33.8 Å². The molecule has 236 valence electrons. The summed E-state index contributed by atoms with van der Waals surface area (Å²) in [5, 5.41) is 0. The second-order valence-corrected chi connectivity index (χ2v) is 13.7. The Balaban J connectivity index is 1.33. The van der Waals surface area contributed by atoms with E-state index >= 15 is 0 Å². The summed E-state index contributed by atoms with van der Waals surface area (Å²) in [6, 6.07) is 31.2. The Morgan fingerprint density at radius 1 is 0.444 bits per heavy atom. The summed E-state index contributed by atoms with van der Waals surface area (Å²) in [4.78, 5) is 24.2. The average Bonchev–Trinajstić information content (AvgIpc) is 2.94. The van der Waals surface area contributed by atoms with Crippen LogP contribution in [0.25, 0.3) is 0 Å². The van der Waals surface area contributed by atoms with Crippen molar-refractivity contribution in [3.63, 3.8) is 0 Å². The molecule has 0 unspecified atom stereocenters. The third kappa shape index (κ3) is 10.2. The molecule has 0 amide bonds. The van der Waals surface area contributed by atoms with Gasteiger partial charge in [0.15, 0.2) is 0 Å². The molecule has 0 bridgehead atoms. The molecule has 0 fully saturated rings. The van der Waals surface area contributed by atoms with Crippen LogP contribution in [0.4, 0.5) is 0 Å². The first-order valence-electron chi connectivity index (χ1n) is 15.2. The molecule has 0 aliphatic carbocycles. The second-order valence-electron chi connectivity index (χ2n) is 13.7. The zero-order valence-corrected chi connectivity index (χ0v) is 27.6. The number of ether oxygens (including phenoxy) is 4. The predicted octanol–water partition coefficient (Wildman–Crippen LogP) is 9.37. The number of rotatable bonds is 10. The van der Waals surface area contributed by atoms with Gasteiger partial charge in [-0.1, -0.05) is 62.4 Å². The molecule has 4 aromatic rings. The fraction of sp³-hybridized carbons (Fsp3) is 0.333. The fourth-order valence-electron chi connectivity index (χ4n) is 4.76. The number of hydrogen-bond donors (Lipinski definition) is 0. The fourth-order valence-corrected chi connectivity index (χ4v) is 4.76. The molecule has 0 aliphatic rings. The van der Waals surface area contributed by atoms with E-state index in [1.807, 2.05) is 114 Å². The SMILES string of the molecule is CC(C)(C)OC(=O)Cc1ccc(Oc2ccc(C(C)(C)c3ccc(Oc4ccc(CC(=O)OC(C)(C)C)cc4)cc3)cc2)cc1. The lowest BCUT2D eigenvalue weighted by molar-refractivity contribution is -0.155. The third-order valence-electron chi connectivity index (χ3n) is 7.01. The van der Waals surface area contributed by atoms with Gasteiger partial charge in [0, 0.05) is 5.41 Å². The van der Waals surface area contributed by atoms with Crippen molar-refractivity contribution < 1.29 is 28.5 Å². The number of benzene rings is 4. The van der Waals surface area contributed by atoms with Crippen molar-refractivity contribution in [2.45, 2.75) is 84.8 Å². The van der Waals surface area contributed by atoms with Gasteiger partial charge in [0.25, 0.3) is 0 Å². The van der Waals surface area contributed by atoms with E-state index in [2.05, 4.69) is 38.1 Å². The lowest BCUT2D eigenvalue weighted by Crippen LogP contribution is -2.24. The molecule has 0 radical (unpaired) electrons. The maximum Gasteiger partial charge on any atom is 0.310 e. The summed E-state index contributed by atoms with van der Waals surface area (Å²) in [5.74, 6) is 2.36. The van der Waals surface area contributed by atoms with Crippen LogP contribution >= 0.6 is 0 Å². The standard InChI is InChI=1S/C39H44O6/c1-37(2,3)44-35(40)25-27-9-17-31(18-10-27)42-33-21-13-29(14-22-33)39(7,8)30-15-23-34(24-16-30)43-32-19-11-28(12-20-32)26-36(41)45-38(4,5)6/h9-24H,25-26H2,1-8H3. The van der Waals surface area contributed by atoms with Gasteiger partial charge in [-0.3, -0.25) is 9.59 Å². The molecule has 4 rings (SSSR count). The van der Waals surface area contributed by atoms with E-state index in [9.17, 15) is 9.59 Å². The topological polar surface area (TPSA) is 71.1 Å². The Kier molecular flexibility index (Phi) is 10.1. The first-order valence-corrected chi connectivity index (χ1v) is 15.2. The minimum absolute atomic E-state index is 0.221. The van der Waals surface area contributed by atoms with Crippen molar-refractivity contribution in [2.24, 2.45) is 0 Å². The van der Waals surface area contributed by atoms with Crippen LogP contribution in [0.5, 0.6) is 23.0 Å². The molecule has 0 aliphatic heterocycles. The van der Waals surface area contributed by atoms with Crippen LogP contribution in [0, 0.1) is 0 Å². The molecule has 0 heterocycles. The van der Waals surface area contributed by atoms with E-state index in [1.165, 1.54) is 0 Å². The van der Waals surface area contributed by atoms with Gasteiger partial charge in [-0.2, -0.15) is 0 Å². The molecule has 0 aromatic heterocycles. The summed E-state index contributed by atoms with van der Waals surface area (Å²) < 4.78 is 22.9. The maximum absolute atomic E-state index is 12.1. The predicted molar refractivity (Wildman–Crippen MR) is 177 cm³/mol. The van der Waals surface area contributed by atoms with Crippen molar-refractivity contribution in [1.82, 2.24) is 0 Å². The summed E-state index contributed by atoms with van der Waals surface area (Å²) in [7, 11) is 0. The molecule has 0 saturated carbocycles. The highest BCUT2D eigenvalue weighted by Crippen LogP contribution is 2.35. The van der Waals surface area contributed by atoms with Crippen LogP contribution in [-0.2, 0) is 37.3 Å². The van der Waals surface area contributed by atoms with E-state index in [4.69, 9.17) is 18.9 Å². The van der Waals surface area contributed by atoms with Gasteiger partial charge in [-0.15, -0.1) is 0 Å². The maximum atomic E-state index is 12.1. The van der Waals surface area contributed by atoms with Gasteiger partial charge >= 0.3 is 11.9 Å². The van der Waals surface area contributed by atoms with Crippen molar-refractivity contribution in [3.8, 4) is 23.0 Å². The number of esters is 2. The Bertz CT molecular complexity index is 1450. The van der Waals surface area contributed by atoms with Crippen LogP contribution in [0.1, 0.15) is 77.6 Å². The van der Waals surface area contributed by atoms with Crippen molar-refractivity contribution >= 4 is 11.9 Å². The monoisotopic (exact) mass is 608 g/mol. The van der Waals surface area contributed by atoms with Gasteiger partial charge in [0.2, 0.25) is 0 Å². The Morgan fingerprint density at radius 3 is 0.978 bits per heavy atom. The Morgan fingerprint density at radius 2 is 0.711 bits per heavy atom. The molecule has 45 heavy (non-hydrogen) atoms. The van der Waals surface area contributed by atoms with Gasteiger partial charge < -0.3 is 18.9 Å². The Labute approximate surface area is 267 Å². The second kappa shape index (κ2) is 13.6. The van der Waals surface area contributed by atoms with Crippen molar-refractivity contribution in [1.29, 1.82) is 0 Å². The van der Waals surface area contributed by atoms with Crippen LogP contribution in [-0.4, -0.2) is 23.1 Å². The van der Waals surface area contributed by atoms with Gasteiger partial charge in [-0.05, 0) is 112 Å². The van der Waals surface area contributed by atoms with Crippen LogP contribution < -0.4 is 9.47 Å². The molecule has 4 aromatic carbocycles. The molecular formula is C39H44O6. The van der Waals surface area contributed by atoms with Crippen molar-refractivity contribution in [2.75, 3.05) is 0 Å². The largest absolute Gasteiger partial charge is 0.460 e. The van der Waals surface area contributed by atoms with Gasteiger partial charge in [0.1, 0.15) is 34.2 Å². The quantitative estimate of drug-likeness (QED) is 0.167. The Hall–Kier alpha value is -4.58. The highest BCUT2D eigenvalue weighted by molar-refractivity contribution is 5.73. The molecule has 0 atom stereocenters. The zero-order valence-electron chi connectivity index (χ0n) is 27.6. The summed E-state index contributed by atoms with van der Waals surface area (Å²) in [5.41, 5.74) is 2.80.